The number of benzene rings is 3. The zero-order valence-electron chi connectivity index (χ0n) is 21.3. The summed E-state index contributed by atoms with van der Waals surface area (Å²) in [6.07, 6.45) is 2.16. The van der Waals surface area contributed by atoms with E-state index in [1.54, 1.807) is 17.5 Å². The fraction of sp³-hybridized carbons (Fsp3) is 0.200. The minimum atomic E-state index is -0.365. The lowest BCUT2D eigenvalue weighted by Crippen LogP contribution is -2.42. The Bertz CT molecular complexity index is 1580. The Kier molecular flexibility index (Phi) is 7.43. The van der Waals surface area contributed by atoms with E-state index >= 15 is 0 Å². The van der Waals surface area contributed by atoms with Crippen LogP contribution >= 0.6 is 33.9 Å². The normalized spacial score (nSPS) is 14.7. The van der Waals surface area contributed by atoms with E-state index in [4.69, 9.17) is 9.47 Å². The lowest BCUT2D eigenvalue weighted by atomic mass is 9.92. The second kappa shape index (κ2) is 11.3. The first-order chi connectivity index (χ1) is 19.0. The molecule has 0 bridgehead atoms. The summed E-state index contributed by atoms with van der Waals surface area (Å²) in [4.78, 5) is 23.2. The molecule has 0 fully saturated rings. The Balaban J connectivity index is 1.26. The van der Waals surface area contributed by atoms with Gasteiger partial charge in [-0.3, -0.25) is 4.90 Å². The number of aryl methyl sites for hydroxylation is 1. The summed E-state index contributed by atoms with van der Waals surface area (Å²) in [5.74, 6) is 1.31. The number of carbonyl (C=O) groups is 1. The Morgan fingerprint density at radius 1 is 1.13 bits per heavy atom. The van der Waals surface area contributed by atoms with E-state index in [0.29, 0.717) is 25.4 Å². The summed E-state index contributed by atoms with van der Waals surface area (Å²) in [6, 6.07) is 21.6. The van der Waals surface area contributed by atoms with Crippen molar-refractivity contribution < 1.29 is 14.3 Å². The van der Waals surface area contributed by atoms with Gasteiger partial charge in [0.25, 0.3) is 0 Å². The molecular weight excluding hydrogens is 623 g/mol. The van der Waals surface area contributed by atoms with Gasteiger partial charge in [-0.05, 0) is 89.5 Å². The molecule has 39 heavy (non-hydrogen) atoms. The molecule has 0 radical (unpaired) electrons. The van der Waals surface area contributed by atoms with Crippen molar-refractivity contribution >= 4 is 56.1 Å². The maximum Gasteiger partial charge on any atom is 0.416 e. The number of carbonyl (C=O) groups excluding carboxylic acids is 1. The third kappa shape index (κ3) is 5.60. The molecule has 1 amide bonds. The van der Waals surface area contributed by atoms with Gasteiger partial charge in [0.1, 0.15) is 24.1 Å². The van der Waals surface area contributed by atoms with E-state index in [1.807, 2.05) is 65.7 Å². The Morgan fingerprint density at radius 2 is 1.92 bits per heavy atom. The van der Waals surface area contributed by atoms with E-state index in [2.05, 4.69) is 56.1 Å². The number of ether oxygens (including phenoxy) is 2. The van der Waals surface area contributed by atoms with Crippen LogP contribution < -0.4 is 14.8 Å². The first-order valence-electron chi connectivity index (χ1n) is 12.8. The van der Waals surface area contributed by atoms with Crippen molar-refractivity contribution in [1.82, 2.24) is 14.9 Å². The zero-order chi connectivity index (χ0) is 26.8. The zero-order valence-corrected chi connectivity index (χ0v) is 24.3. The number of aromatic amines is 1. The molecule has 0 saturated heterocycles. The fourth-order valence-electron chi connectivity index (χ4n) is 4.95. The molecule has 6 rings (SSSR count). The minimum Gasteiger partial charge on any atom is -0.492 e. The number of hydrogen-bond acceptors (Lipinski definition) is 6. The summed E-state index contributed by atoms with van der Waals surface area (Å²) in [7, 11) is 0. The Morgan fingerprint density at radius 3 is 2.69 bits per heavy atom. The molecule has 1 unspecified atom stereocenters. The van der Waals surface area contributed by atoms with Crippen LogP contribution in [-0.4, -0.2) is 40.7 Å². The number of nitrogens with one attached hydrogen (secondary N) is 2. The monoisotopic (exact) mass is 650 g/mol. The number of amides is 1. The molecule has 0 aliphatic carbocycles. The number of aromatic nitrogens is 2. The van der Waals surface area contributed by atoms with Crippen LogP contribution in [0.4, 0.5) is 9.93 Å². The number of thiazole rings is 1. The van der Waals surface area contributed by atoms with Crippen LogP contribution in [0.5, 0.6) is 11.5 Å². The van der Waals surface area contributed by atoms with Crippen molar-refractivity contribution in [2.75, 3.05) is 25.0 Å². The molecular formula is C30H27IN4O3S. The predicted molar refractivity (Wildman–Crippen MR) is 163 cm³/mol. The molecule has 7 nitrogen and oxygen atoms in total. The van der Waals surface area contributed by atoms with Gasteiger partial charge in [-0.15, -0.1) is 11.3 Å². The molecule has 1 aliphatic heterocycles. The minimum absolute atomic E-state index is 0.308. The van der Waals surface area contributed by atoms with E-state index in [9.17, 15) is 4.79 Å². The largest absolute Gasteiger partial charge is 0.492 e. The number of hydrogen-bond donors (Lipinski definition) is 2. The lowest BCUT2D eigenvalue weighted by Gasteiger charge is -2.35. The van der Waals surface area contributed by atoms with Crippen LogP contribution in [0.3, 0.4) is 0 Å². The molecule has 198 valence electrons. The average molecular weight is 651 g/mol. The number of halogens is 1. The maximum atomic E-state index is 13.5. The number of fused-ring (bicyclic) bond motifs is 3. The van der Waals surface area contributed by atoms with E-state index < -0.39 is 0 Å². The highest BCUT2D eigenvalue weighted by Crippen LogP contribution is 2.39. The van der Waals surface area contributed by atoms with Crippen molar-refractivity contribution in [3.05, 3.63) is 104 Å². The van der Waals surface area contributed by atoms with E-state index in [1.165, 1.54) is 14.5 Å². The molecule has 0 saturated carbocycles. The van der Waals surface area contributed by atoms with Gasteiger partial charge in [0.15, 0.2) is 5.13 Å². The Hall–Kier alpha value is -3.57. The molecule has 0 spiro atoms. The van der Waals surface area contributed by atoms with Crippen LogP contribution in [-0.2, 0) is 6.42 Å². The summed E-state index contributed by atoms with van der Waals surface area (Å²) in [5.41, 5.74) is 5.46. The maximum absolute atomic E-state index is 13.5. The predicted octanol–water partition coefficient (Wildman–Crippen LogP) is 7.17. The molecule has 2 aromatic heterocycles. The summed E-state index contributed by atoms with van der Waals surface area (Å²) in [6.45, 7) is 3.74. The van der Waals surface area contributed by atoms with Crippen LogP contribution in [0, 0.1) is 10.5 Å². The third-order valence-corrected chi connectivity index (χ3v) is 8.23. The molecule has 5 aromatic rings. The number of H-pyrrole nitrogens is 1. The summed E-state index contributed by atoms with van der Waals surface area (Å²) < 4.78 is 13.0. The average Bonchev–Trinajstić information content (AvgIpc) is 3.60. The Labute approximate surface area is 244 Å². The van der Waals surface area contributed by atoms with Gasteiger partial charge >= 0.3 is 6.09 Å². The fourth-order valence-corrected chi connectivity index (χ4v) is 6.00. The second-order valence-electron chi connectivity index (χ2n) is 9.42. The summed E-state index contributed by atoms with van der Waals surface area (Å²) in [5, 5.41) is 7.27. The van der Waals surface area contributed by atoms with Gasteiger partial charge in [0.05, 0.1) is 6.54 Å². The van der Waals surface area contributed by atoms with E-state index in [0.717, 1.165) is 39.6 Å². The molecule has 3 aromatic carbocycles. The highest BCUT2D eigenvalue weighted by atomic mass is 127. The van der Waals surface area contributed by atoms with Crippen molar-refractivity contribution in [2.45, 2.75) is 19.4 Å². The van der Waals surface area contributed by atoms with Gasteiger partial charge in [-0.25, -0.2) is 9.78 Å². The van der Waals surface area contributed by atoms with Crippen molar-refractivity contribution in [2.24, 2.45) is 0 Å². The van der Waals surface area contributed by atoms with Crippen molar-refractivity contribution in [3.63, 3.8) is 0 Å². The quantitative estimate of drug-likeness (QED) is 0.144. The molecule has 2 N–H and O–H groups in total. The standard InChI is InChI=1S/C30H27IN4O3S/c1-19-2-7-23(8-3-19)38-30(36)35-15-12-24-25-18-21(31)6-11-26(25)34-27(24)28(35)20-4-9-22(10-5-20)37-16-13-32-29-33-14-17-39-29/h2-11,14,17-18,28,34H,12-13,15-16H2,1H3,(H,32,33). The van der Waals surface area contributed by atoms with Crippen LogP contribution in [0.25, 0.3) is 10.9 Å². The number of nitrogens with zero attached hydrogens (tertiary/aromatic N) is 2. The van der Waals surface area contributed by atoms with Gasteiger partial charge in [-0.2, -0.15) is 0 Å². The van der Waals surface area contributed by atoms with Crippen molar-refractivity contribution in [1.29, 1.82) is 0 Å². The van der Waals surface area contributed by atoms with Crippen LogP contribution in [0.2, 0.25) is 0 Å². The van der Waals surface area contributed by atoms with Gasteiger partial charge in [0, 0.05) is 38.3 Å². The lowest BCUT2D eigenvalue weighted by molar-refractivity contribution is 0.135. The first-order valence-corrected chi connectivity index (χ1v) is 14.7. The number of rotatable bonds is 7. The molecule has 1 atom stereocenters. The number of anilines is 1. The van der Waals surface area contributed by atoms with Gasteiger partial charge in [-0.1, -0.05) is 29.8 Å². The van der Waals surface area contributed by atoms with Crippen LogP contribution in [0.1, 0.15) is 28.4 Å². The highest BCUT2D eigenvalue weighted by molar-refractivity contribution is 14.1. The molecule has 1 aliphatic rings. The first kappa shape index (κ1) is 25.7. The highest BCUT2D eigenvalue weighted by Gasteiger charge is 2.35. The van der Waals surface area contributed by atoms with Crippen LogP contribution in [0.15, 0.2) is 78.3 Å². The topological polar surface area (TPSA) is 79.5 Å². The van der Waals surface area contributed by atoms with Crippen molar-refractivity contribution in [3.8, 4) is 11.5 Å². The van der Waals surface area contributed by atoms with E-state index in [-0.39, 0.29) is 12.1 Å². The van der Waals surface area contributed by atoms with Gasteiger partial charge in [0.2, 0.25) is 0 Å². The smallest absolute Gasteiger partial charge is 0.416 e. The second-order valence-corrected chi connectivity index (χ2v) is 11.6. The van der Waals surface area contributed by atoms with Gasteiger partial charge < -0.3 is 19.8 Å². The SMILES string of the molecule is Cc1ccc(OC(=O)N2CCc3c([nH]c4ccc(I)cc34)C2c2ccc(OCCNc3nccs3)cc2)cc1. The molecule has 9 heteroatoms. The third-order valence-electron chi connectivity index (χ3n) is 6.82. The molecule has 3 heterocycles. The summed E-state index contributed by atoms with van der Waals surface area (Å²) >= 11 is 3.91.